The SMILES string of the molecule is C[C@@H]1CN(S(=O)(=O)NCC2(c3ccccc3)CC2)C[C@H](C)O1. The highest BCUT2D eigenvalue weighted by Crippen LogP contribution is 2.47. The Morgan fingerprint density at radius 3 is 2.32 bits per heavy atom. The van der Waals surface area contributed by atoms with E-state index in [-0.39, 0.29) is 17.6 Å². The number of nitrogens with zero attached hydrogens (tertiary/aromatic N) is 1. The van der Waals surface area contributed by atoms with Crippen LogP contribution in [0.4, 0.5) is 0 Å². The lowest BCUT2D eigenvalue weighted by atomic mass is 9.96. The molecule has 22 heavy (non-hydrogen) atoms. The summed E-state index contributed by atoms with van der Waals surface area (Å²) in [5.74, 6) is 0. The minimum Gasteiger partial charge on any atom is -0.373 e. The quantitative estimate of drug-likeness (QED) is 0.896. The van der Waals surface area contributed by atoms with Crippen LogP contribution in [0.25, 0.3) is 0 Å². The van der Waals surface area contributed by atoms with Gasteiger partial charge in [-0.15, -0.1) is 0 Å². The fraction of sp³-hybridized carbons (Fsp3) is 0.625. The molecule has 3 rings (SSSR count). The fourth-order valence-corrected chi connectivity index (χ4v) is 4.61. The van der Waals surface area contributed by atoms with Gasteiger partial charge in [-0.2, -0.15) is 12.7 Å². The molecule has 1 saturated heterocycles. The van der Waals surface area contributed by atoms with E-state index in [4.69, 9.17) is 4.74 Å². The lowest BCUT2D eigenvalue weighted by molar-refractivity contribution is -0.0444. The summed E-state index contributed by atoms with van der Waals surface area (Å²) < 4.78 is 35.0. The minimum atomic E-state index is -3.45. The van der Waals surface area contributed by atoms with Crippen molar-refractivity contribution in [3.8, 4) is 0 Å². The van der Waals surface area contributed by atoms with E-state index >= 15 is 0 Å². The first-order valence-corrected chi connectivity index (χ1v) is 9.31. The number of nitrogens with one attached hydrogen (secondary N) is 1. The van der Waals surface area contributed by atoms with Crippen molar-refractivity contribution in [3.05, 3.63) is 35.9 Å². The molecule has 0 aromatic heterocycles. The van der Waals surface area contributed by atoms with E-state index in [2.05, 4.69) is 16.9 Å². The summed E-state index contributed by atoms with van der Waals surface area (Å²) in [6.45, 7) is 5.12. The van der Waals surface area contributed by atoms with Gasteiger partial charge in [-0.1, -0.05) is 30.3 Å². The van der Waals surface area contributed by atoms with Gasteiger partial charge in [0.1, 0.15) is 0 Å². The fourth-order valence-electron chi connectivity index (χ4n) is 3.16. The van der Waals surface area contributed by atoms with E-state index in [1.54, 1.807) is 0 Å². The first-order chi connectivity index (χ1) is 10.4. The third kappa shape index (κ3) is 3.35. The van der Waals surface area contributed by atoms with Crippen molar-refractivity contribution in [1.82, 2.24) is 9.03 Å². The highest BCUT2D eigenvalue weighted by Gasteiger charge is 2.45. The molecule has 2 atom stereocenters. The van der Waals surface area contributed by atoms with Crippen LogP contribution in [0.15, 0.2) is 30.3 Å². The zero-order chi connectivity index (χ0) is 15.8. The summed E-state index contributed by atoms with van der Waals surface area (Å²) in [4.78, 5) is 0. The van der Waals surface area contributed by atoms with Crippen LogP contribution < -0.4 is 4.72 Å². The zero-order valence-corrected chi connectivity index (χ0v) is 14.0. The molecule has 1 N–H and O–H groups in total. The Bertz CT molecular complexity index is 604. The van der Waals surface area contributed by atoms with E-state index in [0.29, 0.717) is 19.6 Å². The number of benzene rings is 1. The largest absolute Gasteiger partial charge is 0.373 e. The van der Waals surface area contributed by atoms with Crippen LogP contribution in [0.2, 0.25) is 0 Å². The third-order valence-electron chi connectivity index (χ3n) is 4.56. The zero-order valence-electron chi connectivity index (χ0n) is 13.2. The highest BCUT2D eigenvalue weighted by atomic mass is 32.2. The smallest absolute Gasteiger partial charge is 0.279 e. The molecular weight excluding hydrogens is 300 g/mol. The molecule has 0 amide bonds. The molecule has 2 fully saturated rings. The van der Waals surface area contributed by atoms with Gasteiger partial charge in [-0.05, 0) is 32.3 Å². The summed E-state index contributed by atoms with van der Waals surface area (Å²) in [6, 6.07) is 10.2. The van der Waals surface area contributed by atoms with Crippen molar-refractivity contribution in [1.29, 1.82) is 0 Å². The highest BCUT2D eigenvalue weighted by molar-refractivity contribution is 7.87. The van der Waals surface area contributed by atoms with Gasteiger partial charge in [0.15, 0.2) is 0 Å². The van der Waals surface area contributed by atoms with Crippen LogP contribution in [-0.2, 0) is 20.4 Å². The molecule has 1 aromatic carbocycles. The normalized spacial score (nSPS) is 28.5. The van der Waals surface area contributed by atoms with Crippen molar-refractivity contribution in [2.45, 2.75) is 44.3 Å². The molecule has 6 heteroatoms. The van der Waals surface area contributed by atoms with E-state index in [1.807, 2.05) is 32.0 Å². The van der Waals surface area contributed by atoms with Gasteiger partial charge in [0.25, 0.3) is 10.2 Å². The van der Waals surface area contributed by atoms with Crippen molar-refractivity contribution in [2.24, 2.45) is 0 Å². The number of rotatable bonds is 5. The van der Waals surface area contributed by atoms with Gasteiger partial charge >= 0.3 is 0 Å². The summed E-state index contributed by atoms with van der Waals surface area (Å²) in [5, 5.41) is 0. The second-order valence-electron chi connectivity index (χ2n) is 6.55. The molecule has 1 heterocycles. The number of morpholine rings is 1. The number of ether oxygens (including phenoxy) is 1. The Balaban J connectivity index is 1.66. The average molecular weight is 324 g/mol. The van der Waals surface area contributed by atoms with Gasteiger partial charge in [0, 0.05) is 25.0 Å². The Hall–Kier alpha value is -0.950. The average Bonchev–Trinajstić information content (AvgIpc) is 3.27. The van der Waals surface area contributed by atoms with Crippen LogP contribution in [-0.4, -0.2) is 44.6 Å². The Kier molecular flexibility index (Phi) is 4.29. The van der Waals surface area contributed by atoms with E-state index in [0.717, 1.165) is 12.8 Å². The minimum absolute atomic E-state index is 0.0160. The van der Waals surface area contributed by atoms with Crippen LogP contribution in [0.1, 0.15) is 32.3 Å². The molecule has 122 valence electrons. The van der Waals surface area contributed by atoms with Crippen LogP contribution >= 0.6 is 0 Å². The second-order valence-corrected chi connectivity index (χ2v) is 8.30. The van der Waals surface area contributed by atoms with Gasteiger partial charge in [-0.3, -0.25) is 0 Å². The topological polar surface area (TPSA) is 58.6 Å². The molecule has 0 bridgehead atoms. The van der Waals surface area contributed by atoms with Crippen LogP contribution in [0, 0.1) is 0 Å². The summed E-state index contributed by atoms with van der Waals surface area (Å²) in [7, 11) is -3.45. The van der Waals surface area contributed by atoms with Crippen LogP contribution in [0.5, 0.6) is 0 Å². The summed E-state index contributed by atoms with van der Waals surface area (Å²) >= 11 is 0. The molecule has 1 aromatic rings. The maximum atomic E-state index is 12.5. The lowest BCUT2D eigenvalue weighted by Gasteiger charge is -2.34. The Morgan fingerprint density at radius 2 is 1.77 bits per heavy atom. The molecule has 1 aliphatic heterocycles. The van der Waals surface area contributed by atoms with Crippen molar-refractivity contribution < 1.29 is 13.2 Å². The van der Waals surface area contributed by atoms with E-state index in [1.165, 1.54) is 9.87 Å². The number of hydrogen-bond acceptors (Lipinski definition) is 3. The molecule has 2 aliphatic rings. The molecule has 1 aliphatic carbocycles. The van der Waals surface area contributed by atoms with Gasteiger partial charge in [-0.25, -0.2) is 4.72 Å². The van der Waals surface area contributed by atoms with E-state index in [9.17, 15) is 8.42 Å². The summed E-state index contributed by atoms with van der Waals surface area (Å²) in [6.07, 6.45) is 1.94. The Morgan fingerprint density at radius 1 is 1.18 bits per heavy atom. The van der Waals surface area contributed by atoms with Gasteiger partial charge < -0.3 is 4.74 Å². The monoisotopic (exact) mass is 324 g/mol. The maximum absolute atomic E-state index is 12.5. The van der Waals surface area contributed by atoms with Gasteiger partial charge in [0.2, 0.25) is 0 Å². The van der Waals surface area contributed by atoms with Crippen LogP contribution in [0.3, 0.4) is 0 Å². The number of hydrogen-bond donors (Lipinski definition) is 1. The predicted molar refractivity (Wildman–Crippen MR) is 85.9 cm³/mol. The predicted octanol–water partition coefficient (Wildman–Crippen LogP) is 1.66. The molecular formula is C16H24N2O3S. The molecule has 1 saturated carbocycles. The molecule has 0 radical (unpaired) electrons. The first-order valence-electron chi connectivity index (χ1n) is 7.87. The van der Waals surface area contributed by atoms with Crippen molar-refractivity contribution in [2.75, 3.05) is 19.6 Å². The standard InChI is InChI=1S/C16H24N2O3S/c1-13-10-18(11-14(2)21-13)22(19,20)17-12-16(8-9-16)15-6-4-3-5-7-15/h3-7,13-14,17H,8-12H2,1-2H3/t13-,14+. The molecule has 0 unspecified atom stereocenters. The lowest BCUT2D eigenvalue weighted by Crippen LogP contribution is -2.52. The van der Waals surface area contributed by atoms with E-state index < -0.39 is 10.2 Å². The Labute approximate surface area is 132 Å². The first kappa shape index (κ1) is 15.9. The van der Waals surface area contributed by atoms with Crippen molar-refractivity contribution in [3.63, 3.8) is 0 Å². The molecule has 5 nitrogen and oxygen atoms in total. The molecule has 0 spiro atoms. The third-order valence-corrected chi connectivity index (χ3v) is 6.05. The summed E-state index contributed by atoms with van der Waals surface area (Å²) in [5.41, 5.74) is 1.21. The second kappa shape index (κ2) is 5.92. The maximum Gasteiger partial charge on any atom is 0.279 e. The van der Waals surface area contributed by atoms with Gasteiger partial charge in [0.05, 0.1) is 12.2 Å². The van der Waals surface area contributed by atoms with Crippen molar-refractivity contribution >= 4 is 10.2 Å².